The number of ether oxygens (including phenoxy) is 4. The standard InChI is InChI=1S/C59H90O12S/c1-3-5-7-9-11-13-15-17-19-21-23-25-26-27-29-31-33-35-37-39-41-43-45-47-49-67-51-53(52-68-59-57(63)58(71-72(64,65)66)56(62)54(50-60)70-59)69-55(61)48-46-44-42-40-38-36-34-32-30-28-24-22-20-18-16-14-12-10-8-6-4-2/h5-8,11-14,17-20,23-25,27-29,32-35,38-41,53-54,56-60,62-63H,3-4,9-10,15-16,21-22,26,30-31,36-37,42-52H2,1-2H3,(H,64,65,66)/b7-5-,8-6-,13-11-,14-12-,19-17-,20-18-,25-23-,28-24-,29-27-,34-32-,35-33-,40-38-,41-39-. The second-order valence-corrected chi connectivity index (χ2v) is 18.0. The number of carbonyl (C=O) groups is 1. The lowest BCUT2D eigenvalue weighted by molar-refractivity contribution is -0.301. The van der Waals surface area contributed by atoms with Crippen molar-refractivity contribution in [2.45, 2.75) is 179 Å². The van der Waals surface area contributed by atoms with E-state index >= 15 is 0 Å². The summed E-state index contributed by atoms with van der Waals surface area (Å²) in [6.07, 6.45) is 64.2. The van der Waals surface area contributed by atoms with E-state index in [-0.39, 0.29) is 19.6 Å². The molecule has 0 aromatic heterocycles. The zero-order valence-electron chi connectivity index (χ0n) is 43.4. The fraction of sp³-hybridized carbons (Fsp3) is 0.542. The van der Waals surface area contributed by atoms with E-state index in [9.17, 15) is 33.1 Å². The van der Waals surface area contributed by atoms with Gasteiger partial charge < -0.3 is 34.3 Å². The fourth-order valence-corrected chi connectivity index (χ4v) is 7.28. The molecule has 1 rings (SSSR count). The first-order valence-corrected chi connectivity index (χ1v) is 27.6. The molecule has 6 atom stereocenters. The van der Waals surface area contributed by atoms with E-state index in [0.717, 1.165) is 116 Å². The van der Waals surface area contributed by atoms with Crippen molar-refractivity contribution >= 4 is 16.4 Å². The number of hydrogen-bond acceptors (Lipinski definition) is 11. The maximum atomic E-state index is 12.9. The molecule has 0 radical (unpaired) electrons. The van der Waals surface area contributed by atoms with Gasteiger partial charge in [0.1, 0.15) is 30.5 Å². The lowest BCUT2D eigenvalue weighted by Gasteiger charge is -2.41. The van der Waals surface area contributed by atoms with E-state index in [1.807, 2.05) is 0 Å². The lowest BCUT2D eigenvalue weighted by Crippen LogP contribution is -2.60. The molecule has 4 N–H and O–H groups in total. The summed E-state index contributed by atoms with van der Waals surface area (Å²) in [4.78, 5) is 12.9. The van der Waals surface area contributed by atoms with Crippen molar-refractivity contribution in [1.29, 1.82) is 0 Å². The van der Waals surface area contributed by atoms with Crippen LogP contribution in [0.5, 0.6) is 0 Å². The number of allylic oxidation sites excluding steroid dienone is 26. The van der Waals surface area contributed by atoms with Crippen LogP contribution in [0, 0.1) is 0 Å². The molecule has 0 bridgehead atoms. The van der Waals surface area contributed by atoms with Crippen molar-refractivity contribution in [2.24, 2.45) is 0 Å². The first-order valence-electron chi connectivity index (χ1n) is 26.2. The molecule has 0 amide bonds. The first-order chi connectivity index (χ1) is 35.1. The monoisotopic (exact) mass is 1020 g/mol. The Kier molecular flexibility index (Phi) is 43.6. The van der Waals surface area contributed by atoms with Gasteiger partial charge in [0.2, 0.25) is 0 Å². The SMILES string of the molecule is CC/C=C\C/C=C\C/C=C\C/C=C\C/C=C\C/C=C\C/C=C\CCCCOCC(COC1OC(CO)C(O)C(OS(=O)(=O)O)C1O)OC(=O)CCCC/C=C\C/C=C\C/C=C\C/C=C\C/C=C\C/C=C\CC. The Hall–Kier alpha value is -4.28. The zero-order valence-corrected chi connectivity index (χ0v) is 44.2. The van der Waals surface area contributed by atoms with Crippen molar-refractivity contribution in [3.05, 3.63) is 158 Å². The maximum Gasteiger partial charge on any atom is 0.397 e. The van der Waals surface area contributed by atoms with E-state index < -0.39 is 59.8 Å². The highest BCUT2D eigenvalue weighted by Crippen LogP contribution is 2.26. The molecule has 72 heavy (non-hydrogen) atoms. The second kappa shape index (κ2) is 47.7. The topological polar surface area (TPSA) is 178 Å². The summed E-state index contributed by atoms with van der Waals surface area (Å²) < 4.78 is 59.2. The first kappa shape index (κ1) is 65.7. The molecule has 0 saturated carbocycles. The molecule has 13 heteroatoms. The molecule has 0 spiro atoms. The average molecular weight is 1020 g/mol. The molecule has 1 heterocycles. The normalized spacial score (nSPS) is 20.2. The van der Waals surface area contributed by atoms with Gasteiger partial charge in [-0.2, -0.15) is 8.42 Å². The number of rotatable bonds is 43. The van der Waals surface area contributed by atoms with Crippen molar-refractivity contribution in [3.8, 4) is 0 Å². The van der Waals surface area contributed by atoms with Gasteiger partial charge in [-0.25, -0.2) is 4.18 Å². The summed E-state index contributed by atoms with van der Waals surface area (Å²) in [6.45, 7) is 3.56. The largest absolute Gasteiger partial charge is 0.457 e. The van der Waals surface area contributed by atoms with Crippen molar-refractivity contribution in [1.82, 2.24) is 0 Å². The van der Waals surface area contributed by atoms with E-state index in [1.165, 1.54) is 0 Å². The number of aliphatic hydroxyl groups is 3. The van der Waals surface area contributed by atoms with Gasteiger partial charge in [0.15, 0.2) is 6.29 Å². The highest BCUT2D eigenvalue weighted by molar-refractivity contribution is 7.80. The molecule has 6 unspecified atom stereocenters. The molecule has 1 fully saturated rings. The molecule has 1 saturated heterocycles. The molecule has 0 aromatic carbocycles. The Morgan fingerprint density at radius 3 is 1.28 bits per heavy atom. The van der Waals surface area contributed by atoms with Gasteiger partial charge >= 0.3 is 16.4 Å². The fourth-order valence-electron chi connectivity index (χ4n) is 6.77. The maximum absolute atomic E-state index is 12.9. The Labute approximate surface area is 434 Å². The Morgan fingerprint density at radius 1 is 0.528 bits per heavy atom. The summed E-state index contributed by atoms with van der Waals surface area (Å²) >= 11 is 0. The molecular formula is C59H90O12S. The van der Waals surface area contributed by atoms with Gasteiger partial charge in [-0.05, 0) is 122 Å². The van der Waals surface area contributed by atoms with Crippen molar-refractivity contribution in [3.63, 3.8) is 0 Å². The summed E-state index contributed by atoms with van der Waals surface area (Å²) in [7, 11) is -5.09. The van der Waals surface area contributed by atoms with Gasteiger partial charge in [-0.3, -0.25) is 9.35 Å². The Balaban J connectivity index is 2.46. The molecule has 12 nitrogen and oxygen atoms in total. The zero-order chi connectivity index (χ0) is 52.4. The summed E-state index contributed by atoms with van der Waals surface area (Å²) in [5.74, 6) is -0.464. The van der Waals surface area contributed by atoms with Gasteiger partial charge in [-0.15, -0.1) is 0 Å². The highest BCUT2D eigenvalue weighted by atomic mass is 32.3. The number of carbonyl (C=O) groups excluding carboxylic acids is 1. The van der Waals surface area contributed by atoms with E-state index in [0.29, 0.717) is 13.0 Å². The highest BCUT2D eigenvalue weighted by Gasteiger charge is 2.48. The van der Waals surface area contributed by atoms with E-state index in [2.05, 4.69) is 176 Å². The van der Waals surface area contributed by atoms with Crippen LogP contribution in [-0.2, 0) is 38.3 Å². The molecule has 0 aromatic rings. The Morgan fingerprint density at radius 2 is 0.903 bits per heavy atom. The van der Waals surface area contributed by atoms with Crippen LogP contribution in [-0.4, -0.2) is 97.5 Å². The predicted octanol–water partition coefficient (Wildman–Crippen LogP) is 12.6. The van der Waals surface area contributed by atoms with Crippen LogP contribution in [0.15, 0.2) is 158 Å². The van der Waals surface area contributed by atoms with Crippen LogP contribution in [0.4, 0.5) is 0 Å². The average Bonchev–Trinajstić information content (AvgIpc) is 3.36. The predicted molar refractivity (Wildman–Crippen MR) is 293 cm³/mol. The number of unbranched alkanes of at least 4 members (excludes halogenated alkanes) is 4. The van der Waals surface area contributed by atoms with E-state index in [1.54, 1.807) is 0 Å². The third-order valence-electron chi connectivity index (χ3n) is 10.6. The third kappa shape index (κ3) is 40.2. The minimum absolute atomic E-state index is 0.0252. The van der Waals surface area contributed by atoms with E-state index in [4.69, 9.17) is 18.9 Å². The minimum atomic E-state index is -5.09. The quantitative estimate of drug-likeness (QED) is 0.0197. The molecule has 404 valence electrons. The van der Waals surface area contributed by atoms with Crippen LogP contribution in [0.25, 0.3) is 0 Å². The Bertz CT molecular complexity index is 1850. The van der Waals surface area contributed by atoms with Crippen molar-refractivity contribution in [2.75, 3.05) is 26.4 Å². The molecule has 1 aliphatic rings. The molecule has 1 aliphatic heterocycles. The molecular weight excluding hydrogens is 933 g/mol. The summed E-state index contributed by atoms with van der Waals surface area (Å²) in [6, 6.07) is 0. The van der Waals surface area contributed by atoms with Crippen molar-refractivity contribution < 1.29 is 56.2 Å². The van der Waals surface area contributed by atoms with Crippen LogP contribution < -0.4 is 0 Å². The van der Waals surface area contributed by atoms with Crippen LogP contribution in [0.2, 0.25) is 0 Å². The summed E-state index contributed by atoms with van der Waals surface area (Å²) in [5.41, 5.74) is 0. The lowest BCUT2D eigenvalue weighted by atomic mass is 9.99. The number of esters is 1. The smallest absolute Gasteiger partial charge is 0.397 e. The summed E-state index contributed by atoms with van der Waals surface area (Å²) in [5, 5.41) is 30.8. The van der Waals surface area contributed by atoms with Gasteiger partial charge in [0, 0.05) is 13.0 Å². The second-order valence-electron chi connectivity index (χ2n) is 17.0. The molecule has 0 aliphatic carbocycles. The minimum Gasteiger partial charge on any atom is -0.457 e. The number of aliphatic hydroxyl groups excluding tert-OH is 3. The van der Waals surface area contributed by atoms with Crippen LogP contribution in [0.1, 0.15) is 142 Å². The third-order valence-corrected chi connectivity index (χ3v) is 11.1. The van der Waals surface area contributed by atoms with Crippen LogP contribution >= 0.6 is 0 Å². The van der Waals surface area contributed by atoms with Gasteiger partial charge in [-0.1, -0.05) is 172 Å². The van der Waals surface area contributed by atoms with Gasteiger partial charge in [0.05, 0.1) is 19.8 Å². The number of hydrogen-bond donors (Lipinski definition) is 4. The van der Waals surface area contributed by atoms with Gasteiger partial charge in [0.25, 0.3) is 0 Å². The van der Waals surface area contributed by atoms with Crippen LogP contribution in [0.3, 0.4) is 0 Å².